The minimum absolute atomic E-state index is 0.157. The molecule has 3 heteroatoms. The van der Waals surface area contributed by atoms with Crippen LogP contribution in [0.4, 0.5) is 0 Å². The molecule has 0 aromatic heterocycles. The van der Waals surface area contributed by atoms with Crippen molar-refractivity contribution in [2.45, 2.75) is 0 Å². The fraction of sp³-hybridized carbons (Fsp3) is 0.500. The Hall–Kier alpha value is 0.190. The van der Waals surface area contributed by atoms with E-state index in [1.54, 1.807) is 0 Å². The van der Waals surface area contributed by atoms with E-state index >= 15 is 0 Å². The minimum Gasteiger partial charge on any atom is -0.346 e. The van der Waals surface area contributed by atoms with Gasteiger partial charge in [0.25, 0.3) is 0 Å². The molecule has 0 spiro atoms. The molecule has 0 saturated heterocycles. The molecule has 1 radical (unpaired) electrons. The Morgan fingerprint density at radius 3 is 2.20 bits per heavy atom. The van der Waals surface area contributed by atoms with Gasteiger partial charge < -0.3 is 4.89 Å². The monoisotopic (exact) mass is 93.0 g/mol. The standard InChI is InChI=1S/C2H6O2P/c1-2-5(3)4/h5H,1-2H2,(H,3,4). The topological polar surface area (TPSA) is 37.3 Å². The molecule has 1 atom stereocenters. The van der Waals surface area contributed by atoms with Crippen molar-refractivity contribution in [1.82, 2.24) is 0 Å². The molecule has 0 rings (SSSR count). The maximum atomic E-state index is 9.49. The SMILES string of the molecule is [CH2]C[PH](=O)O. The molecule has 0 heterocycles. The van der Waals surface area contributed by atoms with Gasteiger partial charge in [0.05, 0.1) is 0 Å². The number of rotatable bonds is 1. The van der Waals surface area contributed by atoms with E-state index in [1.165, 1.54) is 0 Å². The van der Waals surface area contributed by atoms with Crippen LogP contribution in [0.2, 0.25) is 0 Å². The van der Waals surface area contributed by atoms with Crippen molar-refractivity contribution in [2.24, 2.45) is 0 Å². The van der Waals surface area contributed by atoms with Gasteiger partial charge in [-0.2, -0.15) is 0 Å². The second-order valence-electron chi connectivity index (χ2n) is 0.644. The zero-order valence-corrected chi connectivity index (χ0v) is 3.77. The van der Waals surface area contributed by atoms with E-state index in [1.807, 2.05) is 0 Å². The molecule has 5 heavy (non-hydrogen) atoms. The molecule has 0 bridgehead atoms. The summed E-state index contributed by atoms with van der Waals surface area (Å²) >= 11 is 0. The van der Waals surface area contributed by atoms with Gasteiger partial charge in [-0.3, -0.25) is 4.57 Å². The van der Waals surface area contributed by atoms with E-state index in [-0.39, 0.29) is 6.16 Å². The van der Waals surface area contributed by atoms with Crippen LogP contribution in [0, 0.1) is 6.92 Å². The molecule has 1 N–H and O–H groups in total. The Morgan fingerprint density at radius 2 is 2.20 bits per heavy atom. The first-order valence-electron chi connectivity index (χ1n) is 1.28. The van der Waals surface area contributed by atoms with Crippen molar-refractivity contribution in [2.75, 3.05) is 6.16 Å². The highest BCUT2D eigenvalue weighted by Gasteiger charge is 1.76. The van der Waals surface area contributed by atoms with Crippen molar-refractivity contribution in [3.05, 3.63) is 6.92 Å². The quantitative estimate of drug-likeness (QED) is 0.473. The molecule has 31 valence electrons. The van der Waals surface area contributed by atoms with Crippen LogP contribution in [0.15, 0.2) is 0 Å². The smallest absolute Gasteiger partial charge is 0.189 e. The fourth-order valence-corrected chi connectivity index (χ4v) is 0. The lowest BCUT2D eigenvalue weighted by atomic mass is 11.0. The average Bonchev–Trinajstić information content (AvgIpc) is 1.38. The van der Waals surface area contributed by atoms with Crippen LogP contribution < -0.4 is 0 Å². The molecule has 0 saturated carbocycles. The summed E-state index contributed by atoms with van der Waals surface area (Å²) in [7, 11) is -2.24. The first-order chi connectivity index (χ1) is 2.27. The maximum absolute atomic E-state index is 9.49. The second-order valence-corrected chi connectivity index (χ2v) is 1.93. The third-order valence-corrected chi connectivity index (χ3v) is 0.642. The van der Waals surface area contributed by atoms with Crippen LogP contribution in [0.5, 0.6) is 0 Å². The number of hydrogen-bond donors (Lipinski definition) is 1. The molecule has 1 unspecified atom stereocenters. The summed E-state index contributed by atoms with van der Waals surface area (Å²) in [5.41, 5.74) is 0. The van der Waals surface area contributed by atoms with Gasteiger partial charge >= 0.3 is 0 Å². The number of hydrogen-bond acceptors (Lipinski definition) is 1. The van der Waals surface area contributed by atoms with Gasteiger partial charge in [-0.25, -0.2) is 0 Å². The molecule has 2 nitrogen and oxygen atoms in total. The molecule has 0 aliphatic rings. The molecular formula is C2H6O2P. The van der Waals surface area contributed by atoms with Gasteiger partial charge in [-0.05, 0) is 6.92 Å². The lowest BCUT2D eigenvalue weighted by Gasteiger charge is -1.73. The Bertz CT molecular complexity index is 42.9. The van der Waals surface area contributed by atoms with Crippen LogP contribution in [0.3, 0.4) is 0 Å². The summed E-state index contributed by atoms with van der Waals surface area (Å²) in [5.74, 6) is 0. The highest BCUT2D eigenvalue weighted by atomic mass is 31.1. The van der Waals surface area contributed by atoms with Crippen LogP contribution in [0.25, 0.3) is 0 Å². The predicted octanol–water partition coefficient (Wildman–Crippen LogP) is 0.287. The average molecular weight is 93.0 g/mol. The minimum atomic E-state index is -2.24. The van der Waals surface area contributed by atoms with Crippen LogP contribution in [-0.2, 0) is 4.57 Å². The van der Waals surface area contributed by atoms with Gasteiger partial charge in [0.15, 0.2) is 8.03 Å². The van der Waals surface area contributed by atoms with E-state index in [2.05, 4.69) is 6.92 Å². The van der Waals surface area contributed by atoms with Crippen molar-refractivity contribution in [3.63, 3.8) is 0 Å². The van der Waals surface area contributed by atoms with Crippen molar-refractivity contribution in [1.29, 1.82) is 0 Å². The van der Waals surface area contributed by atoms with Gasteiger partial charge in [0.2, 0.25) is 0 Å². The Morgan fingerprint density at radius 1 is 2.00 bits per heavy atom. The molecule has 0 amide bonds. The second kappa shape index (κ2) is 2.43. The first kappa shape index (κ1) is 5.19. The van der Waals surface area contributed by atoms with E-state index in [4.69, 9.17) is 4.89 Å². The largest absolute Gasteiger partial charge is 0.346 e. The van der Waals surface area contributed by atoms with Gasteiger partial charge in [0.1, 0.15) is 0 Å². The first-order valence-corrected chi connectivity index (χ1v) is 2.84. The van der Waals surface area contributed by atoms with Crippen molar-refractivity contribution in [3.8, 4) is 0 Å². The van der Waals surface area contributed by atoms with Gasteiger partial charge in [-0.1, -0.05) is 0 Å². The summed E-state index contributed by atoms with van der Waals surface area (Å²) in [6, 6.07) is 0. The summed E-state index contributed by atoms with van der Waals surface area (Å²) in [4.78, 5) is 7.84. The fourth-order valence-electron chi connectivity index (χ4n) is 0. The van der Waals surface area contributed by atoms with Gasteiger partial charge in [0, 0.05) is 6.16 Å². The van der Waals surface area contributed by atoms with Crippen LogP contribution >= 0.6 is 8.03 Å². The molecule has 0 fully saturated rings. The third-order valence-electron chi connectivity index (χ3n) is 0.214. The highest BCUT2D eigenvalue weighted by Crippen LogP contribution is 2.08. The summed E-state index contributed by atoms with van der Waals surface area (Å²) in [6.07, 6.45) is 0.157. The van der Waals surface area contributed by atoms with Crippen LogP contribution in [0.1, 0.15) is 0 Å². The molecule has 0 aromatic carbocycles. The Balaban J connectivity index is 2.85. The molecule has 0 aliphatic carbocycles. The van der Waals surface area contributed by atoms with Crippen molar-refractivity contribution < 1.29 is 9.46 Å². The summed E-state index contributed by atoms with van der Waals surface area (Å²) in [6.45, 7) is 3.17. The van der Waals surface area contributed by atoms with E-state index in [0.717, 1.165) is 0 Å². The van der Waals surface area contributed by atoms with Gasteiger partial charge in [-0.15, -0.1) is 0 Å². The predicted molar refractivity (Wildman–Crippen MR) is 21.4 cm³/mol. The highest BCUT2D eigenvalue weighted by molar-refractivity contribution is 7.38. The van der Waals surface area contributed by atoms with E-state index < -0.39 is 8.03 Å². The Labute approximate surface area is 31.7 Å². The molecule has 0 aromatic rings. The summed E-state index contributed by atoms with van der Waals surface area (Å²) in [5, 5.41) is 0. The Kier molecular flexibility index (Phi) is 2.52. The third kappa shape index (κ3) is 4.19. The van der Waals surface area contributed by atoms with Crippen molar-refractivity contribution >= 4 is 8.03 Å². The lowest BCUT2D eigenvalue weighted by molar-refractivity contribution is 0.506. The maximum Gasteiger partial charge on any atom is 0.189 e. The summed E-state index contributed by atoms with van der Waals surface area (Å²) < 4.78 is 9.49. The molecular weight excluding hydrogens is 87.0 g/mol. The molecule has 0 aliphatic heterocycles. The van der Waals surface area contributed by atoms with Crippen LogP contribution in [-0.4, -0.2) is 11.1 Å². The van der Waals surface area contributed by atoms with E-state index in [9.17, 15) is 4.57 Å². The zero-order valence-electron chi connectivity index (χ0n) is 2.77. The lowest BCUT2D eigenvalue weighted by Crippen LogP contribution is -1.57. The normalized spacial score (nSPS) is 14.8. The zero-order chi connectivity index (χ0) is 4.28. The van der Waals surface area contributed by atoms with E-state index in [0.29, 0.717) is 0 Å².